The predicted molar refractivity (Wildman–Crippen MR) is 89.8 cm³/mol. The van der Waals surface area contributed by atoms with Crippen molar-refractivity contribution in [2.24, 2.45) is 0 Å². The van der Waals surface area contributed by atoms with Crippen molar-refractivity contribution in [1.29, 1.82) is 0 Å². The van der Waals surface area contributed by atoms with Crippen LogP contribution in [-0.4, -0.2) is 11.5 Å². The Bertz CT molecular complexity index is 617. The smallest absolute Gasteiger partial charge is 0.0597 e. The fourth-order valence-corrected chi connectivity index (χ4v) is 2.77. The van der Waals surface area contributed by atoms with Gasteiger partial charge in [-0.3, -0.25) is 4.98 Å². The number of pyridine rings is 1. The Morgan fingerprint density at radius 3 is 2.43 bits per heavy atom. The van der Waals surface area contributed by atoms with Crippen molar-refractivity contribution < 1.29 is 0 Å². The molecule has 0 bridgehead atoms. The molecule has 21 heavy (non-hydrogen) atoms. The first kappa shape index (κ1) is 15.7. The minimum absolute atomic E-state index is 0.220. The molecule has 1 unspecified atom stereocenters. The topological polar surface area (TPSA) is 24.9 Å². The summed E-state index contributed by atoms with van der Waals surface area (Å²) in [5, 5.41) is 3.69. The van der Waals surface area contributed by atoms with E-state index in [0.29, 0.717) is 0 Å². The average Bonchev–Trinajstić information content (AvgIpc) is 2.45. The fraction of sp³-hybridized carbons (Fsp3) is 0.421. The number of rotatable bonds is 5. The molecular formula is C19H26N2. The monoisotopic (exact) mass is 282 g/mol. The Balaban J connectivity index is 2.49. The molecule has 112 valence electrons. The molecule has 2 aromatic rings. The lowest BCUT2D eigenvalue weighted by atomic mass is 9.91. The molecule has 0 aliphatic carbocycles. The second-order valence-electron chi connectivity index (χ2n) is 5.80. The number of benzene rings is 1. The van der Waals surface area contributed by atoms with Gasteiger partial charge in [0.2, 0.25) is 0 Å². The van der Waals surface area contributed by atoms with Crippen molar-refractivity contribution in [2.75, 3.05) is 6.54 Å². The van der Waals surface area contributed by atoms with Crippen LogP contribution in [-0.2, 0) is 0 Å². The lowest BCUT2D eigenvalue weighted by molar-refractivity contribution is 0.591. The first-order valence-electron chi connectivity index (χ1n) is 7.78. The minimum atomic E-state index is 0.220. The Hall–Kier alpha value is -1.67. The Labute approximate surface area is 128 Å². The van der Waals surface area contributed by atoms with Crippen LogP contribution in [0, 0.1) is 27.7 Å². The molecule has 0 amide bonds. The van der Waals surface area contributed by atoms with E-state index < -0.39 is 0 Å². The molecule has 2 heteroatoms. The molecular weight excluding hydrogens is 256 g/mol. The van der Waals surface area contributed by atoms with E-state index in [1.54, 1.807) is 0 Å². The van der Waals surface area contributed by atoms with Gasteiger partial charge in [0.1, 0.15) is 0 Å². The maximum Gasteiger partial charge on any atom is 0.0597 e. The molecule has 1 aromatic heterocycles. The molecule has 0 saturated carbocycles. The molecule has 1 N–H and O–H groups in total. The van der Waals surface area contributed by atoms with Gasteiger partial charge in [-0.15, -0.1) is 0 Å². The van der Waals surface area contributed by atoms with E-state index >= 15 is 0 Å². The summed E-state index contributed by atoms with van der Waals surface area (Å²) in [5.74, 6) is 0. The van der Waals surface area contributed by atoms with Crippen molar-refractivity contribution in [2.45, 2.75) is 47.1 Å². The molecule has 0 radical (unpaired) electrons. The van der Waals surface area contributed by atoms with E-state index in [2.05, 4.69) is 68.3 Å². The molecule has 0 spiro atoms. The van der Waals surface area contributed by atoms with E-state index in [0.717, 1.165) is 24.4 Å². The van der Waals surface area contributed by atoms with Crippen LogP contribution in [0.25, 0.3) is 0 Å². The highest BCUT2D eigenvalue weighted by Crippen LogP contribution is 2.28. The lowest BCUT2D eigenvalue weighted by Crippen LogP contribution is -2.25. The quantitative estimate of drug-likeness (QED) is 0.879. The van der Waals surface area contributed by atoms with Gasteiger partial charge in [0.15, 0.2) is 0 Å². The highest BCUT2D eigenvalue weighted by atomic mass is 14.9. The summed E-state index contributed by atoms with van der Waals surface area (Å²) < 4.78 is 0. The van der Waals surface area contributed by atoms with Crippen molar-refractivity contribution in [3.63, 3.8) is 0 Å². The summed E-state index contributed by atoms with van der Waals surface area (Å²) in [6.07, 6.45) is 1.12. The molecule has 0 fully saturated rings. The Morgan fingerprint density at radius 2 is 1.76 bits per heavy atom. The highest BCUT2D eigenvalue weighted by molar-refractivity contribution is 5.42. The third-order valence-electron chi connectivity index (χ3n) is 4.13. The predicted octanol–water partition coefficient (Wildman–Crippen LogP) is 4.40. The van der Waals surface area contributed by atoms with Gasteiger partial charge < -0.3 is 5.32 Å². The van der Waals surface area contributed by atoms with Crippen LogP contribution in [0.4, 0.5) is 0 Å². The van der Waals surface area contributed by atoms with Crippen LogP contribution in [0.15, 0.2) is 30.3 Å². The summed E-state index contributed by atoms with van der Waals surface area (Å²) in [6.45, 7) is 11.7. The summed E-state index contributed by atoms with van der Waals surface area (Å²) in [4.78, 5) is 4.64. The molecule has 0 aliphatic rings. The lowest BCUT2D eigenvalue weighted by Gasteiger charge is -2.23. The van der Waals surface area contributed by atoms with Crippen LogP contribution in [0.5, 0.6) is 0 Å². The standard InChI is InChI=1S/C19H26N2/c1-6-12-20-19(17-9-7-8-13(2)15(17)4)18-11-10-14(3)21-16(18)5/h7-11,19-20H,6,12H2,1-5H3. The Morgan fingerprint density at radius 1 is 1.00 bits per heavy atom. The molecule has 0 saturated heterocycles. The zero-order valence-corrected chi connectivity index (χ0v) is 13.8. The SMILES string of the molecule is CCCNC(c1ccc(C)nc1C)c1cccc(C)c1C. The van der Waals surface area contributed by atoms with Gasteiger partial charge in [-0.25, -0.2) is 0 Å². The van der Waals surface area contributed by atoms with Crippen molar-refractivity contribution >= 4 is 0 Å². The summed E-state index contributed by atoms with van der Waals surface area (Å²) in [7, 11) is 0. The van der Waals surface area contributed by atoms with Gasteiger partial charge in [0, 0.05) is 11.4 Å². The van der Waals surface area contributed by atoms with Crippen LogP contribution >= 0.6 is 0 Å². The van der Waals surface area contributed by atoms with E-state index in [1.807, 2.05) is 6.92 Å². The summed E-state index contributed by atoms with van der Waals surface area (Å²) in [6, 6.07) is 11.1. The molecule has 0 aliphatic heterocycles. The van der Waals surface area contributed by atoms with Gasteiger partial charge in [-0.2, -0.15) is 0 Å². The molecule has 1 atom stereocenters. The van der Waals surface area contributed by atoms with Crippen LogP contribution in [0.2, 0.25) is 0 Å². The Kier molecular flexibility index (Phi) is 5.13. The first-order chi connectivity index (χ1) is 10.0. The van der Waals surface area contributed by atoms with Crippen molar-refractivity contribution in [3.8, 4) is 0 Å². The van der Waals surface area contributed by atoms with Crippen molar-refractivity contribution in [1.82, 2.24) is 10.3 Å². The number of nitrogens with zero attached hydrogens (tertiary/aromatic N) is 1. The number of aryl methyl sites for hydroxylation is 3. The maximum atomic E-state index is 4.64. The van der Waals surface area contributed by atoms with E-state index in [4.69, 9.17) is 0 Å². The van der Waals surface area contributed by atoms with Gasteiger partial charge in [0.05, 0.1) is 6.04 Å². The number of nitrogens with one attached hydrogen (secondary N) is 1. The zero-order valence-electron chi connectivity index (χ0n) is 13.8. The molecule has 2 nitrogen and oxygen atoms in total. The fourth-order valence-electron chi connectivity index (χ4n) is 2.77. The van der Waals surface area contributed by atoms with Crippen LogP contribution in [0.3, 0.4) is 0 Å². The van der Waals surface area contributed by atoms with Gasteiger partial charge in [-0.05, 0) is 69.0 Å². The van der Waals surface area contributed by atoms with Gasteiger partial charge >= 0.3 is 0 Å². The second-order valence-corrected chi connectivity index (χ2v) is 5.80. The van der Waals surface area contributed by atoms with Gasteiger partial charge in [0.25, 0.3) is 0 Å². The van der Waals surface area contributed by atoms with E-state index in [1.165, 1.54) is 22.3 Å². The zero-order chi connectivity index (χ0) is 15.4. The summed E-state index contributed by atoms with van der Waals surface area (Å²) >= 11 is 0. The molecule has 1 heterocycles. The first-order valence-corrected chi connectivity index (χ1v) is 7.78. The average molecular weight is 282 g/mol. The third-order valence-corrected chi connectivity index (χ3v) is 4.13. The summed E-state index contributed by atoms with van der Waals surface area (Å²) in [5.41, 5.74) is 7.54. The minimum Gasteiger partial charge on any atom is -0.306 e. The van der Waals surface area contributed by atoms with E-state index in [-0.39, 0.29) is 6.04 Å². The van der Waals surface area contributed by atoms with Gasteiger partial charge in [-0.1, -0.05) is 31.2 Å². The normalized spacial score (nSPS) is 12.4. The second kappa shape index (κ2) is 6.86. The number of hydrogen-bond acceptors (Lipinski definition) is 2. The van der Waals surface area contributed by atoms with Crippen LogP contribution < -0.4 is 5.32 Å². The number of aromatic nitrogens is 1. The highest BCUT2D eigenvalue weighted by Gasteiger charge is 2.18. The van der Waals surface area contributed by atoms with E-state index in [9.17, 15) is 0 Å². The largest absolute Gasteiger partial charge is 0.306 e. The maximum absolute atomic E-state index is 4.64. The molecule has 1 aromatic carbocycles. The van der Waals surface area contributed by atoms with Crippen LogP contribution in [0.1, 0.15) is 53.0 Å². The van der Waals surface area contributed by atoms with Crippen molar-refractivity contribution in [3.05, 3.63) is 64.0 Å². The molecule has 2 rings (SSSR count). The third kappa shape index (κ3) is 3.51. The number of hydrogen-bond donors (Lipinski definition) is 1.